The summed E-state index contributed by atoms with van der Waals surface area (Å²) in [6.07, 6.45) is 11.6. The molecule has 0 saturated carbocycles. The molecular weight excluding hydrogens is 713 g/mol. The van der Waals surface area contributed by atoms with Crippen molar-refractivity contribution < 1.29 is 37.8 Å². The molecule has 0 aromatic rings. The van der Waals surface area contributed by atoms with Crippen molar-refractivity contribution in [2.75, 3.05) is 0 Å². The second-order valence-corrected chi connectivity index (χ2v) is 27.3. The molecule has 1 fully saturated rings. The fraction of sp³-hybridized carbons (Fsp3) is 0.818. The van der Waals surface area contributed by atoms with Crippen LogP contribution in [-0.4, -0.2) is 75.9 Å². The molecule has 0 aromatic heterocycles. The first kappa shape index (κ1) is 48.6. The molecule has 312 valence electrons. The van der Waals surface area contributed by atoms with Crippen molar-refractivity contribution in [2.24, 2.45) is 17.8 Å². The minimum Gasteiger partial charge on any atom is -0.458 e. The maximum atomic E-state index is 13.7. The summed E-state index contributed by atoms with van der Waals surface area (Å²) < 4.78 is 32.2. The number of cyclic esters (lactones) is 1. The van der Waals surface area contributed by atoms with E-state index in [0.717, 1.165) is 42.6 Å². The molecule has 0 aliphatic carbocycles. The van der Waals surface area contributed by atoms with Crippen LogP contribution in [0.2, 0.25) is 35.3 Å². The predicted molar refractivity (Wildman–Crippen MR) is 226 cm³/mol. The Labute approximate surface area is 332 Å². The first-order valence-corrected chi connectivity index (χ1v) is 26.2. The fourth-order valence-corrected chi connectivity index (χ4v) is 16.0. The van der Waals surface area contributed by atoms with Crippen molar-refractivity contribution >= 4 is 28.6 Å². The van der Waals surface area contributed by atoms with Crippen molar-refractivity contribution in [3.8, 4) is 0 Å². The molecule has 0 bridgehead atoms. The van der Waals surface area contributed by atoms with E-state index in [1.165, 1.54) is 6.92 Å². The van der Waals surface area contributed by atoms with Crippen molar-refractivity contribution in [1.29, 1.82) is 0 Å². The Kier molecular flexibility index (Phi) is 19.6. The Hall–Kier alpha value is -1.57. The van der Waals surface area contributed by atoms with Crippen molar-refractivity contribution in [3.63, 3.8) is 0 Å². The molecule has 0 radical (unpaired) electrons. The summed E-state index contributed by atoms with van der Waals surface area (Å²) >= 11 is 0. The molecule has 10 atom stereocenters. The Morgan fingerprint density at radius 1 is 0.963 bits per heavy atom. The van der Waals surface area contributed by atoms with E-state index in [9.17, 15) is 14.7 Å². The van der Waals surface area contributed by atoms with Gasteiger partial charge in [0.1, 0.15) is 12.2 Å². The van der Waals surface area contributed by atoms with Crippen LogP contribution in [0.3, 0.4) is 0 Å². The molecule has 10 heteroatoms. The number of ether oxygens (including phenoxy) is 3. The number of hydrogen-bond acceptors (Lipinski definition) is 8. The lowest BCUT2D eigenvalue weighted by Gasteiger charge is -2.39. The number of epoxide rings is 1. The van der Waals surface area contributed by atoms with Crippen molar-refractivity contribution in [2.45, 2.75) is 213 Å². The summed E-state index contributed by atoms with van der Waals surface area (Å²) in [6.45, 7) is 31.8. The lowest BCUT2D eigenvalue weighted by Crippen LogP contribution is -2.46. The van der Waals surface area contributed by atoms with Gasteiger partial charge < -0.3 is 28.2 Å². The minimum atomic E-state index is -2.09. The highest BCUT2D eigenvalue weighted by Gasteiger charge is 2.49. The highest BCUT2D eigenvalue weighted by Crippen LogP contribution is 2.41. The number of carbonyl (C=O) groups is 2. The van der Waals surface area contributed by atoms with Crippen LogP contribution in [0.1, 0.15) is 136 Å². The molecule has 2 heterocycles. The minimum absolute atomic E-state index is 0.0289. The largest absolute Gasteiger partial charge is 0.458 e. The molecule has 2 rings (SSSR count). The van der Waals surface area contributed by atoms with E-state index in [-0.39, 0.29) is 60.5 Å². The molecule has 0 spiro atoms. The van der Waals surface area contributed by atoms with Crippen LogP contribution < -0.4 is 0 Å². The normalized spacial score (nSPS) is 29.3. The SMILES string of the molecule is CCC(O[Si](CC)(CC)C(C)C)C(C)C1OC1CC(C)(O)/C=C/C=C(\C)C1OC(=O)CC(O[Si](CC)(CC)C(C)C)CCC(C)C(OC(C)=O)/C=C/C1C. The molecule has 0 amide bonds. The van der Waals surface area contributed by atoms with Gasteiger partial charge in [0.25, 0.3) is 0 Å². The van der Waals surface area contributed by atoms with Gasteiger partial charge in [-0.3, -0.25) is 9.59 Å². The number of esters is 2. The quantitative estimate of drug-likeness (QED) is 0.0453. The summed E-state index contributed by atoms with van der Waals surface area (Å²) in [6, 6.07) is 4.19. The maximum Gasteiger partial charge on any atom is 0.308 e. The molecule has 2 aliphatic rings. The van der Waals surface area contributed by atoms with E-state index in [4.69, 9.17) is 23.1 Å². The van der Waals surface area contributed by atoms with Crippen LogP contribution in [0.15, 0.2) is 36.0 Å². The second-order valence-electron chi connectivity index (χ2n) is 17.5. The Bertz CT molecular complexity index is 1250. The monoisotopic (exact) mass is 793 g/mol. The molecule has 54 heavy (non-hydrogen) atoms. The zero-order valence-electron chi connectivity index (χ0n) is 36.9. The summed E-state index contributed by atoms with van der Waals surface area (Å²) in [5.41, 5.74) is 0.751. The van der Waals surface area contributed by atoms with Crippen molar-refractivity contribution in [1.82, 2.24) is 0 Å². The van der Waals surface area contributed by atoms with Gasteiger partial charge in [-0.1, -0.05) is 107 Å². The number of rotatable bonds is 19. The summed E-state index contributed by atoms with van der Waals surface area (Å²) in [5.74, 6) is -0.477. The molecule has 1 N–H and O–H groups in total. The summed E-state index contributed by atoms with van der Waals surface area (Å²) in [4.78, 5) is 25.8. The molecular formula is C44H80O8Si2. The molecule has 1 saturated heterocycles. The second kappa shape index (κ2) is 21.8. The smallest absolute Gasteiger partial charge is 0.308 e. The zero-order valence-corrected chi connectivity index (χ0v) is 38.9. The Morgan fingerprint density at radius 2 is 1.56 bits per heavy atom. The van der Waals surface area contributed by atoms with Crippen LogP contribution in [0, 0.1) is 17.8 Å². The molecule has 0 aromatic carbocycles. The van der Waals surface area contributed by atoms with E-state index in [2.05, 4.69) is 76.2 Å². The van der Waals surface area contributed by atoms with E-state index in [1.807, 2.05) is 51.2 Å². The average Bonchev–Trinajstić information content (AvgIpc) is 3.87. The van der Waals surface area contributed by atoms with Gasteiger partial charge in [-0.05, 0) is 85.9 Å². The van der Waals surface area contributed by atoms with Crippen LogP contribution in [0.25, 0.3) is 0 Å². The van der Waals surface area contributed by atoms with E-state index in [1.54, 1.807) is 0 Å². The van der Waals surface area contributed by atoms with Gasteiger partial charge in [-0.25, -0.2) is 0 Å². The average molecular weight is 793 g/mol. The van der Waals surface area contributed by atoms with Gasteiger partial charge >= 0.3 is 11.9 Å². The number of aliphatic hydroxyl groups is 1. The molecule has 2 aliphatic heterocycles. The number of carbonyl (C=O) groups excluding carboxylic acids is 2. The lowest BCUT2D eigenvalue weighted by atomic mass is 9.91. The maximum absolute atomic E-state index is 13.7. The third-order valence-corrected chi connectivity index (χ3v) is 23.4. The van der Waals surface area contributed by atoms with E-state index < -0.39 is 34.4 Å². The van der Waals surface area contributed by atoms with Gasteiger partial charge in [-0.2, -0.15) is 0 Å². The fourth-order valence-electron chi connectivity index (χ4n) is 8.64. The molecule has 8 nitrogen and oxygen atoms in total. The predicted octanol–water partition coefficient (Wildman–Crippen LogP) is 10.9. The third kappa shape index (κ3) is 13.8. The Balaban J connectivity index is 2.27. The highest BCUT2D eigenvalue weighted by atomic mass is 28.4. The zero-order chi connectivity index (χ0) is 41.0. The van der Waals surface area contributed by atoms with Crippen LogP contribution >= 0.6 is 0 Å². The number of hydrogen-bond donors (Lipinski definition) is 1. The van der Waals surface area contributed by atoms with Gasteiger partial charge in [0.15, 0.2) is 16.6 Å². The lowest BCUT2D eigenvalue weighted by molar-refractivity contribution is -0.151. The van der Waals surface area contributed by atoms with Crippen LogP contribution in [0.5, 0.6) is 0 Å². The van der Waals surface area contributed by atoms with Crippen LogP contribution in [-0.2, 0) is 32.7 Å². The first-order chi connectivity index (χ1) is 25.2. The van der Waals surface area contributed by atoms with Gasteiger partial charge in [-0.15, -0.1) is 0 Å². The summed E-state index contributed by atoms with van der Waals surface area (Å²) in [7, 11) is -3.93. The molecule has 10 unspecified atom stereocenters. The Morgan fingerprint density at radius 3 is 2.07 bits per heavy atom. The van der Waals surface area contributed by atoms with Gasteiger partial charge in [0, 0.05) is 31.3 Å². The van der Waals surface area contributed by atoms with Gasteiger partial charge in [0.05, 0.1) is 30.3 Å². The number of allylic oxidation sites excluding steroid dienone is 2. The topological polar surface area (TPSA) is 104 Å². The van der Waals surface area contributed by atoms with E-state index in [0.29, 0.717) is 23.9 Å². The van der Waals surface area contributed by atoms with Crippen LogP contribution in [0.4, 0.5) is 0 Å². The van der Waals surface area contributed by atoms with Crippen molar-refractivity contribution in [3.05, 3.63) is 36.0 Å². The van der Waals surface area contributed by atoms with Gasteiger partial charge in [0.2, 0.25) is 0 Å². The first-order valence-electron chi connectivity index (χ1n) is 21.4. The third-order valence-electron chi connectivity index (χ3n) is 12.8. The standard InChI is InChI=1S/C44H80O8Si2/c1-16-38(52-54(19-4,20-5)31(8)9)35(13)43-40(49-43)29-44(15,47)27-21-22-33(11)42-34(12)24-26-39(48-36(14)45)32(10)23-25-37(28-41(46)50-42)51-53(17-2,18-3)30(6)7/h21-22,24,26-27,30-32,34-35,37-40,42-43,47H,16-20,23,25,28-29H2,1-15H3/b26-24+,27-21+,33-22+. The highest BCUT2D eigenvalue weighted by molar-refractivity contribution is 6.75. The summed E-state index contributed by atoms with van der Waals surface area (Å²) in [5, 5.41) is 11.4. The van der Waals surface area contributed by atoms with E-state index >= 15 is 0 Å².